The van der Waals surface area contributed by atoms with Crippen molar-refractivity contribution < 1.29 is 4.79 Å². The number of rotatable bonds is 6. The number of nitrogens with one attached hydrogen (secondary N) is 1. The summed E-state index contributed by atoms with van der Waals surface area (Å²) in [4.78, 5) is 12.8. The number of aryl methyl sites for hydroxylation is 3. The highest BCUT2D eigenvalue weighted by molar-refractivity contribution is 5.78. The minimum atomic E-state index is 0.0825. The summed E-state index contributed by atoms with van der Waals surface area (Å²) in [7, 11) is 0. The maximum Gasteiger partial charge on any atom is 0.220 e. The molecule has 0 atom stereocenters. The van der Waals surface area contributed by atoms with Gasteiger partial charge in [0.2, 0.25) is 5.91 Å². The molecule has 1 amide bonds. The molecule has 1 heterocycles. The Morgan fingerprint density at radius 2 is 1.71 bits per heavy atom. The van der Waals surface area contributed by atoms with E-state index in [-0.39, 0.29) is 11.8 Å². The number of carbonyl (C=O) groups is 1. The van der Waals surface area contributed by atoms with Crippen LogP contribution < -0.4 is 5.32 Å². The van der Waals surface area contributed by atoms with Crippen molar-refractivity contribution in [1.29, 1.82) is 0 Å². The van der Waals surface area contributed by atoms with Gasteiger partial charge in [0.25, 0.3) is 0 Å². The number of hydrogen-bond donors (Lipinski definition) is 1. The molecule has 0 fully saturated rings. The summed E-state index contributed by atoms with van der Waals surface area (Å²) in [6, 6.07) is 17.1. The van der Waals surface area contributed by atoms with Crippen LogP contribution in [0.4, 0.5) is 0 Å². The van der Waals surface area contributed by atoms with E-state index in [1.807, 2.05) is 4.57 Å². The Balaban J connectivity index is 1.48. The topological polar surface area (TPSA) is 59.8 Å². The van der Waals surface area contributed by atoms with Crippen LogP contribution in [0, 0.1) is 0 Å². The van der Waals surface area contributed by atoms with E-state index < -0.39 is 0 Å². The van der Waals surface area contributed by atoms with Gasteiger partial charge in [-0.1, -0.05) is 48.5 Å². The molecular formula is C23H26N4O. The lowest BCUT2D eigenvalue weighted by Gasteiger charge is -2.20. The molecular weight excluding hydrogens is 348 g/mol. The van der Waals surface area contributed by atoms with Gasteiger partial charge in [0, 0.05) is 31.8 Å². The van der Waals surface area contributed by atoms with E-state index in [1.54, 1.807) is 6.33 Å². The zero-order valence-electron chi connectivity index (χ0n) is 16.3. The van der Waals surface area contributed by atoms with Crippen molar-refractivity contribution in [3.8, 4) is 0 Å². The molecule has 5 nitrogen and oxygen atoms in total. The molecule has 0 aliphatic heterocycles. The standard InChI is InChI=1S/C23H26N4O/c1-2-27-16-25-26-22(27)13-14-24-23(28)15-21-19-9-5-3-7-17(19)11-12-18-8-4-6-10-20(18)21/h3-10,16,21H,2,11-15H2,1H3,(H,24,28). The van der Waals surface area contributed by atoms with E-state index in [0.29, 0.717) is 19.4 Å². The number of aromatic nitrogens is 3. The molecule has 0 saturated carbocycles. The third kappa shape index (κ3) is 3.84. The van der Waals surface area contributed by atoms with Gasteiger partial charge >= 0.3 is 0 Å². The summed E-state index contributed by atoms with van der Waals surface area (Å²) in [5.41, 5.74) is 5.28. The lowest BCUT2D eigenvalue weighted by Crippen LogP contribution is -2.28. The van der Waals surface area contributed by atoms with Gasteiger partial charge in [-0.15, -0.1) is 10.2 Å². The third-order valence-corrected chi connectivity index (χ3v) is 5.62. The quantitative estimate of drug-likeness (QED) is 0.720. The van der Waals surface area contributed by atoms with Gasteiger partial charge < -0.3 is 9.88 Å². The van der Waals surface area contributed by atoms with Crippen LogP contribution in [0.3, 0.4) is 0 Å². The van der Waals surface area contributed by atoms with E-state index in [4.69, 9.17) is 0 Å². The van der Waals surface area contributed by atoms with Gasteiger partial charge in [-0.3, -0.25) is 4.79 Å². The summed E-state index contributed by atoms with van der Waals surface area (Å²) in [6.07, 6.45) is 4.94. The highest BCUT2D eigenvalue weighted by Gasteiger charge is 2.25. The summed E-state index contributed by atoms with van der Waals surface area (Å²) in [5, 5.41) is 11.2. The van der Waals surface area contributed by atoms with Gasteiger partial charge in [-0.2, -0.15) is 0 Å². The fourth-order valence-electron chi connectivity index (χ4n) is 4.17. The van der Waals surface area contributed by atoms with Crippen LogP contribution in [0.2, 0.25) is 0 Å². The van der Waals surface area contributed by atoms with Crippen molar-refractivity contribution in [3.05, 3.63) is 82.9 Å². The van der Waals surface area contributed by atoms with Crippen molar-refractivity contribution in [2.45, 2.75) is 45.1 Å². The first kappa shape index (κ1) is 18.4. The number of fused-ring (bicyclic) bond motifs is 2. The molecule has 5 heteroatoms. The predicted molar refractivity (Wildman–Crippen MR) is 109 cm³/mol. The van der Waals surface area contributed by atoms with Crippen LogP contribution in [0.5, 0.6) is 0 Å². The first-order valence-electron chi connectivity index (χ1n) is 10.0. The Bertz CT molecular complexity index is 915. The van der Waals surface area contributed by atoms with E-state index in [1.165, 1.54) is 22.3 Å². The average molecular weight is 374 g/mol. The monoisotopic (exact) mass is 374 g/mol. The second-order valence-electron chi connectivity index (χ2n) is 7.29. The number of carbonyl (C=O) groups excluding carboxylic acids is 1. The zero-order chi connectivity index (χ0) is 19.3. The van der Waals surface area contributed by atoms with Crippen LogP contribution in [0.25, 0.3) is 0 Å². The van der Waals surface area contributed by atoms with Gasteiger partial charge in [-0.05, 0) is 42.0 Å². The second-order valence-corrected chi connectivity index (χ2v) is 7.29. The third-order valence-electron chi connectivity index (χ3n) is 5.62. The van der Waals surface area contributed by atoms with Crippen LogP contribution in [-0.2, 0) is 30.6 Å². The van der Waals surface area contributed by atoms with Crippen molar-refractivity contribution >= 4 is 5.91 Å². The summed E-state index contributed by atoms with van der Waals surface area (Å²) >= 11 is 0. The van der Waals surface area contributed by atoms with Gasteiger partial charge in [0.15, 0.2) is 0 Å². The van der Waals surface area contributed by atoms with E-state index >= 15 is 0 Å². The molecule has 144 valence electrons. The molecule has 3 aromatic rings. The molecule has 0 bridgehead atoms. The van der Waals surface area contributed by atoms with Crippen LogP contribution in [-0.4, -0.2) is 27.2 Å². The second kappa shape index (κ2) is 8.38. The average Bonchev–Trinajstić information content (AvgIpc) is 3.12. The van der Waals surface area contributed by atoms with E-state index in [0.717, 1.165) is 25.2 Å². The van der Waals surface area contributed by atoms with Gasteiger partial charge in [0.1, 0.15) is 12.2 Å². The number of nitrogens with zero attached hydrogens (tertiary/aromatic N) is 3. The molecule has 2 aromatic carbocycles. The van der Waals surface area contributed by atoms with Crippen LogP contribution in [0.15, 0.2) is 54.9 Å². The largest absolute Gasteiger partial charge is 0.356 e. The van der Waals surface area contributed by atoms with Gasteiger partial charge in [0.05, 0.1) is 0 Å². The fraction of sp³-hybridized carbons (Fsp3) is 0.348. The van der Waals surface area contributed by atoms with Crippen LogP contribution >= 0.6 is 0 Å². The SMILES string of the molecule is CCn1cnnc1CCNC(=O)CC1c2ccccc2CCc2ccccc21. The Hall–Kier alpha value is -2.95. The summed E-state index contributed by atoms with van der Waals surface area (Å²) < 4.78 is 2.00. The molecule has 0 radical (unpaired) electrons. The van der Waals surface area contributed by atoms with E-state index in [9.17, 15) is 4.79 Å². The molecule has 4 rings (SSSR count). The van der Waals surface area contributed by atoms with Crippen molar-refractivity contribution in [1.82, 2.24) is 20.1 Å². The molecule has 0 unspecified atom stereocenters. The first-order valence-corrected chi connectivity index (χ1v) is 10.0. The highest BCUT2D eigenvalue weighted by Crippen LogP contribution is 2.36. The Morgan fingerprint density at radius 3 is 2.36 bits per heavy atom. The smallest absolute Gasteiger partial charge is 0.220 e. The lowest BCUT2D eigenvalue weighted by molar-refractivity contribution is -0.121. The fourth-order valence-corrected chi connectivity index (χ4v) is 4.17. The Morgan fingerprint density at radius 1 is 1.07 bits per heavy atom. The first-order chi connectivity index (χ1) is 13.8. The minimum absolute atomic E-state index is 0.0825. The Labute approximate surface area is 165 Å². The summed E-state index contributed by atoms with van der Waals surface area (Å²) in [5.74, 6) is 1.10. The number of hydrogen-bond acceptors (Lipinski definition) is 3. The zero-order valence-corrected chi connectivity index (χ0v) is 16.3. The predicted octanol–water partition coefficient (Wildman–Crippen LogP) is 3.28. The molecule has 0 spiro atoms. The molecule has 1 N–H and O–H groups in total. The summed E-state index contributed by atoms with van der Waals surface area (Å²) in [6.45, 7) is 3.48. The molecule has 28 heavy (non-hydrogen) atoms. The molecule has 1 aliphatic carbocycles. The Kier molecular flexibility index (Phi) is 5.51. The minimum Gasteiger partial charge on any atom is -0.356 e. The normalized spacial score (nSPS) is 13.5. The maximum atomic E-state index is 12.8. The lowest BCUT2D eigenvalue weighted by atomic mass is 9.85. The molecule has 1 aromatic heterocycles. The van der Waals surface area contributed by atoms with Crippen molar-refractivity contribution in [2.24, 2.45) is 0 Å². The maximum absolute atomic E-state index is 12.8. The molecule has 1 aliphatic rings. The number of amides is 1. The van der Waals surface area contributed by atoms with E-state index in [2.05, 4.69) is 71.0 Å². The molecule has 0 saturated heterocycles. The van der Waals surface area contributed by atoms with Crippen molar-refractivity contribution in [2.75, 3.05) is 6.54 Å². The number of benzene rings is 2. The van der Waals surface area contributed by atoms with Gasteiger partial charge in [-0.25, -0.2) is 0 Å². The highest BCUT2D eigenvalue weighted by atomic mass is 16.1. The van der Waals surface area contributed by atoms with Crippen molar-refractivity contribution in [3.63, 3.8) is 0 Å². The van der Waals surface area contributed by atoms with Crippen LogP contribution in [0.1, 0.15) is 47.3 Å².